The first kappa shape index (κ1) is 24.4. The number of amides is 1. The summed E-state index contributed by atoms with van der Waals surface area (Å²) in [6.45, 7) is 2.48. The van der Waals surface area contributed by atoms with E-state index in [4.69, 9.17) is 0 Å². The van der Waals surface area contributed by atoms with Gasteiger partial charge in [-0.3, -0.25) is 10.1 Å². The van der Waals surface area contributed by atoms with Crippen molar-refractivity contribution in [3.63, 3.8) is 0 Å². The van der Waals surface area contributed by atoms with Gasteiger partial charge in [-0.25, -0.2) is 13.4 Å². The summed E-state index contributed by atoms with van der Waals surface area (Å²) in [5, 5.41) is 5.22. The molecule has 1 N–H and O–H groups in total. The van der Waals surface area contributed by atoms with Gasteiger partial charge in [-0.15, -0.1) is 11.3 Å². The highest BCUT2D eigenvalue weighted by Gasteiger charge is 2.30. The first-order valence-corrected chi connectivity index (χ1v) is 14.3. The summed E-state index contributed by atoms with van der Waals surface area (Å²) in [4.78, 5) is 17.5. The monoisotopic (exact) mass is 517 g/mol. The lowest BCUT2D eigenvalue weighted by molar-refractivity contribution is 0.102. The lowest BCUT2D eigenvalue weighted by atomic mass is 10.0. The van der Waals surface area contributed by atoms with Crippen molar-refractivity contribution in [1.29, 1.82) is 0 Å². The number of nitrogens with one attached hydrogen (secondary N) is 1. The zero-order chi connectivity index (χ0) is 25.1. The third-order valence-electron chi connectivity index (χ3n) is 6.48. The Labute approximate surface area is 215 Å². The third kappa shape index (κ3) is 5.11. The van der Waals surface area contributed by atoms with Gasteiger partial charge < -0.3 is 0 Å². The van der Waals surface area contributed by atoms with E-state index in [0.29, 0.717) is 17.2 Å². The molecule has 4 aromatic rings. The first-order chi connectivity index (χ1) is 17.4. The standard InChI is InChI=1S/C28H27N3O3S2/c1-20-7-5-6-18-31(20)36(33,34)25-16-14-24(15-17-25)27(32)30-28-29-26(19-35-28)23-12-10-22(11-13-23)21-8-3-2-4-9-21/h2-4,8-17,19-20H,5-7,18H2,1H3,(H,29,30,32). The molecule has 1 aromatic heterocycles. The minimum Gasteiger partial charge on any atom is -0.298 e. The van der Waals surface area contributed by atoms with Crippen molar-refractivity contribution in [3.8, 4) is 22.4 Å². The molecule has 3 aromatic carbocycles. The van der Waals surface area contributed by atoms with Crippen LogP contribution in [0.3, 0.4) is 0 Å². The van der Waals surface area contributed by atoms with Crippen molar-refractivity contribution < 1.29 is 13.2 Å². The maximum Gasteiger partial charge on any atom is 0.257 e. The molecule has 0 saturated carbocycles. The second kappa shape index (κ2) is 10.3. The molecule has 1 amide bonds. The number of rotatable bonds is 6. The quantitative estimate of drug-likeness (QED) is 0.326. The fourth-order valence-corrected chi connectivity index (χ4v) is 6.85. The Hall–Kier alpha value is -3.33. The number of nitrogens with zero attached hydrogens (tertiary/aromatic N) is 2. The predicted molar refractivity (Wildman–Crippen MR) is 145 cm³/mol. The minimum atomic E-state index is -3.57. The van der Waals surface area contributed by atoms with Gasteiger partial charge in [0.2, 0.25) is 10.0 Å². The molecule has 1 unspecified atom stereocenters. The van der Waals surface area contributed by atoms with Gasteiger partial charge in [0, 0.05) is 29.1 Å². The van der Waals surface area contributed by atoms with E-state index in [1.807, 2.05) is 42.6 Å². The van der Waals surface area contributed by atoms with Crippen molar-refractivity contribution in [2.45, 2.75) is 37.1 Å². The molecule has 0 radical (unpaired) electrons. The summed E-state index contributed by atoms with van der Waals surface area (Å²) in [6.07, 6.45) is 2.79. The Bertz CT molecular complexity index is 1450. The number of aromatic nitrogens is 1. The van der Waals surface area contributed by atoms with Crippen LogP contribution in [0.4, 0.5) is 5.13 Å². The lowest BCUT2D eigenvalue weighted by Crippen LogP contribution is -2.41. The predicted octanol–water partition coefficient (Wildman–Crippen LogP) is 6.29. The van der Waals surface area contributed by atoms with Crippen LogP contribution in [0.15, 0.2) is 89.1 Å². The Balaban J connectivity index is 1.26. The van der Waals surface area contributed by atoms with Crippen LogP contribution >= 0.6 is 11.3 Å². The Kier molecular flexibility index (Phi) is 7.00. The number of anilines is 1. The number of thiazole rings is 1. The summed E-state index contributed by atoms with van der Waals surface area (Å²) < 4.78 is 27.6. The zero-order valence-electron chi connectivity index (χ0n) is 19.9. The van der Waals surface area contributed by atoms with Gasteiger partial charge in [-0.05, 0) is 55.2 Å². The number of benzene rings is 3. The molecule has 1 saturated heterocycles. The fraction of sp³-hybridized carbons (Fsp3) is 0.214. The molecule has 184 valence electrons. The van der Waals surface area contributed by atoms with E-state index in [9.17, 15) is 13.2 Å². The summed E-state index contributed by atoms with van der Waals surface area (Å²) in [5.74, 6) is -0.328. The topological polar surface area (TPSA) is 79.4 Å². The van der Waals surface area contributed by atoms with Crippen molar-refractivity contribution in [2.75, 3.05) is 11.9 Å². The first-order valence-electron chi connectivity index (χ1n) is 12.0. The summed E-state index contributed by atoms with van der Waals surface area (Å²) in [6, 6.07) is 24.4. The molecule has 1 fully saturated rings. The maximum atomic E-state index is 13.0. The van der Waals surface area contributed by atoms with Crippen molar-refractivity contribution in [3.05, 3.63) is 89.8 Å². The summed E-state index contributed by atoms with van der Waals surface area (Å²) >= 11 is 1.35. The van der Waals surface area contributed by atoms with Crippen LogP contribution in [0.2, 0.25) is 0 Å². The molecule has 0 spiro atoms. The number of hydrogen-bond donors (Lipinski definition) is 1. The Morgan fingerprint density at radius 3 is 2.28 bits per heavy atom. The van der Waals surface area contributed by atoms with Crippen LogP contribution in [0.25, 0.3) is 22.4 Å². The van der Waals surface area contributed by atoms with Crippen LogP contribution in [0.1, 0.15) is 36.5 Å². The van der Waals surface area contributed by atoms with Crippen LogP contribution in [0.5, 0.6) is 0 Å². The Morgan fingerprint density at radius 2 is 1.58 bits per heavy atom. The van der Waals surface area contributed by atoms with E-state index in [2.05, 4.69) is 34.6 Å². The van der Waals surface area contributed by atoms with Crippen LogP contribution in [-0.4, -0.2) is 36.2 Å². The third-order valence-corrected chi connectivity index (χ3v) is 9.26. The molecule has 36 heavy (non-hydrogen) atoms. The second-order valence-electron chi connectivity index (χ2n) is 8.92. The van der Waals surface area contributed by atoms with Crippen LogP contribution in [-0.2, 0) is 10.0 Å². The molecule has 1 atom stereocenters. The number of piperidine rings is 1. The normalized spacial score (nSPS) is 16.5. The van der Waals surface area contributed by atoms with Gasteiger partial charge in [0.15, 0.2) is 5.13 Å². The van der Waals surface area contributed by atoms with Gasteiger partial charge in [-0.2, -0.15) is 4.31 Å². The zero-order valence-corrected chi connectivity index (χ0v) is 21.6. The van der Waals surface area contributed by atoms with Gasteiger partial charge in [0.05, 0.1) is 10.6 Å². The molecular weight excluding hydrogens is 490 g/mol. The lowest BCUT2D eigenvalue weighted by Gasteiger charge is -2.32. The second-order valence-corrected chi connectivity index (χ2v) is 11.7. The molecular formula is C28H27N3O3S2. The van der Waals surface area contributed by atoms with Crippen LogP contribution in [0, 0.1) is 0 Å². The molecule has 2 heterocycles. The smallest absolute Gasteiger partial charge is 0.257 e. The number of carbonyl (C=O) groups excluding carboxylic acids is 1. The number of carbonyl (C=O) groups is 1. The van der Waals surface area contributed by atoms with Gasteiger partial charge >= 0.3 is 0 Å². The van der Waals surface area contributed by atoms with Gasteiger partial charge in [0.25, 0.3) is 5.91 Å². The highest BCUT2D eigenvalue weighted by molar-refractivity contribution is 7.89. The molecule has 1 aliphatic heterocycles. The Morgan fingerprint density at radius 1 is 0.917 bits per heavy atom. The molecule has 1 aliphatic rings. The van der Waals surface area contributed by atoms with E-state index in [0.717, 1.165) is 41.6 Å². The van der Waals surface area contributed by atoms with Crippen molar-refractivity contribution in [2.24, 2.45) is 0 Å². The number of hydrogen-bond acceptors (Lipinski definition) is 5. The molecule has 5 rings (SSSR count). The maximum absolute atomic E-state index is 13.0. The molecule has 8 heteroatoms. The molecule has 6 nitrogen and oxygen atoms in total. The van der Waals surface area contributed by atoms with Crippen LogP contribution < -0.4 is 5.32 Å². The van der Waals surface area contributed by atoms with E-state index in [1.165, 1.54) is 23.5 Å². The van der Waals surface area contributed by atoms with Gasteiger partial charge in [-0.1, -0.05) is 61.0 Å². The van der Waals surface area contributed by atoms with E-state index in [-0.39, 0.29) is 16.8 Å². The largest absolute Gasteiger partial charge is 0.298 e. The highest BCUT2D eigenvalue weighted by Crippen LogP contribution is 2.29. The van der Waals surface area contributed by atoms with Gasteiger partial charge in [0.1, 0.15) is 0 Å². The van der Waals surface area contributed by atoms with E-state index >= 15 is 0 Å². The average molecular weight is 518 g/mol. The summed E-state index contributed by atoms with van der Waals surface area (Å²) in [5.41, 5.74) is 4.41. The van der Waals surface area contributed by atoms with E-state index < -0.39 is 10.0 Å². The fourth-order valence-electron chi connectivity index (χ4n) is 4.44. The summed E-state index contributed by atoms with van der Waals surface area (Å²) in [7, 11) is -3.57. The SMILES string of the molecule is CC1CCCCN1S(=O)(=O)c1ccc(C(=O)Nc2nc(-c3ccc(-c4ccccc4)cc3)cs2)cc1. The molecule has 0 bridgehead atoms. The number of sulfonamides is 1. The average Bonchev–Trinajstić information content (AvgIpc) is 3.38. The van der Waals surface area contributed by atoms with Crippen molar-refractivity contribution in [1.82, 2.24) is 9.29 Å². The van der Waals surface area contributed by atoms with E-state index in [1.54, 1.807) is 16.4 Å². The highest BCUT2D eigenvalue weighted by atomic mass is 32.2. The molecule has 0 aliphatic carbocycles. The minimum absolute atomic E-state index is 0.0136. The van der Waals surface area contributed by atoms with Crippen molar-refractivity contribution >= 4 is 32.4 Å².